The number of ether oxygens (including phenoxy) is 4. The van der Waals surface area contributed by atoms with Crippen LogP contribution in [0, 0.1) is 5.92 Å². The van der Waals surface area contributed by atoms with Crippen LogP contribution in [0.3, 0.4) is 0 Å². The van der Waals surface area contributed by atoms with Gasteiger partial charge in [-0.3, -0.25) is 0 Å². The normalized spacial score (nSPS) is 16.2. The third-order valence-corrected chi connectivity index (χ3v) is 7.99. The highest BCUT2D eigenvalue weighted by Gasteiger charge is 2.23. The van der Waals surface area contributed by atoms with Crippen molar-refractivity contribution in [1.82, 2.24) is 9.97 Å². The van der Waals surface area contributed by atoms with Crippen LogP contribution in [0.4, 0.5) is 0 Å². The summed E-state index contributed by atoms with van der Waals surface area (Å²) in [6.45, 7) is 9.85. The third kappa shape index (κ3) is 8.71. The van der Waals surface area contributed by atoms with Gasteiger partial charge in [0.1, 0.15) is 11.5 Å². The van der Waals surface area contributed by atoms with E-state index in [0.29, 0.717) is 28.8 Å². The summed E-state index contributed by atoms with van der Waals surface area (Å²) in [5.74, 6) is 1.32. The van der Waals surface area contributed by atoms with Crippen LogP contribution in [-0.2, 0) is 19.1 Å². The fraction of sp³-hybridized carbons (Fsp3) is 0.389. The molecule has 0 spiro atoms. The van der Waals surface area contributed by atoms with Gasteiger partial charge in [-0.2, -0.15) is 0 Å². The topological polar surface area (TPSA) is 96.8 Å². The Morgan fingerprint density at radius 1 is 0.818 bits per heavy atom. The monoisotopic (exact) mass is 598 g/mol. The molecule has 232 valence electrons. The number of rotatable bonds is 14. The molecule has 1 aliphatic rings. The zero-order valence-electron chi connectivity index (χ0n) is 26.0. The minimum Gasteiger partial charge on any atom is -0.423 e. The van der Waals surface area contributed by atoms with Gasteiger partial charge < -0.3 is 18.9 Å². The van der Waals surface area contributed by atoms with E-state index >= 15 is 0 Å². The fourth-order valence-corrected chi connectivity index (χ4v) is 5.47. The maximum absolute atomic E-state index is 12.7. The van der Waals surface area contributed by atoms with E-state index in [0.717, 1.165) is 35.4 Å². The van der Waals surface area contributed by atoms with Gasteiger partial charge in [0.15, 0.2) is 5.82 Å². The predicted octanol–water partition coefficient (Wildman–Crippen LogP) is 7.49. The number of benzene rings is 2. The highest BCUT2D eigenvalue weighted by molar-refractivity contribution is 5.91. The molecule has 0 unspecified atom stereocenters. The number of esters is 2. The number of methoxy groups -OCH3 is 2. The standard InChI is InChI=1S/C36H42N2O6/c1-6-7-8-26-9-11-28(12-10-26)30-20-37-34(38-21-30)32-19-29(15-18-33(32)44-36(40)25(3)23-42-5)27-13-16-31(17-14-27)43-35(39)24(2)22-41-4/h13-21,26,28H,2-3,6-12,22-23H2,1,4-5H3. The Morgan fingerprint density at radius 2 is 1.41 bits per heavy atom. The molecule has 0 amide bonds. The lowest BCUT2D eigenvalue weighted by atomic mass is 9.78. The van der Waals surface area contributed by atoms with Crippen LogP contribution in [0.1, 0.15) is 63.4 Å². The lowest BCUT2D eigenvalue weighted by Gasteiger charge is -2.28. The molecule has 8 heteroatoms. The van der Waals surface area contributed by atoms with Gasteiger partial charge in [-0.25, -0.2) is 19.6 Å². The van der Waals surface area contributed by atoms with E-state index in [4.69, 9.17) is 28.9 Å². The second kappa shape index (κ2) is 16.1. The minimum absolute atomic E-state index is 0.0634. The van der Waals surface area contributed by atoms with Crippen molar-refractivity contribution in [1.29, 1.82) is 0 Å². The van der Waals surface area contributed by atoms with E-state index in [1.165, 1.54) is 46.3 Å². The van der Waals surface area contributed by atoms with E-state index < -0.39 is 11.9 Å². The van der Waals surface area contributed by atoms with E-state index in [2.05, 4.69) is 20.1 Å². The molecule has 0 atom stereocenters. The average Bonchev–Trinajstić information content (AvgIpc) is 3.05. The molecule has 8 nitrogen and oxygen atoms in total. The molecule has 0 aliphatic heterocycles. The van der Waals surface area contributed by atoms with Crippen LogP contribution < -0.4 is 9.47 Å². The van der Waals surface area contributed by atoms with Crippen molar-refractivity contribution in [3.63, 3.8) is 0 Å². The lowest BCUT2D eigenvalue weighted by Crippen LogP contribution is -2.15. The second-order valence-corrected chi connectivity index (χ2v) is 11.3. The van der Waals surface area contributed by atoms with E-state index in [1.54, 1.807) is 18.2 Å². The summed E-state index contributed by atoms with van der Waals surface area (Å²) >= 11 is 0. The summed E-state index contributed by atoms with van der Waals surface area (Å²) < 4.78 is 21.1. The highest BCUT2D eigenvalue weighted by Crippen LogP contribution is 2.38. The zero-order valence-corrected chi connectivity index (χ0v) is 26.0. The van der Waals surface area contributed by atoms with Gasteiger partial charge in [0.2, 0.25) is 0 Å². The molecule has 1 aromatic heterocycles. The molecule has 2 aromatic carbocycles. The van der Waals surface area contributed by atoms with Crippen molar-refractivity contribution < 1.29 is 28.5 Å². The molecule has 44 heavy (non-hydrogen) atoms. The Morgan fingerprint density at radius 3 is 2.00 bits per heavy atom. The number of hydrogen-bond donors (Lipinski definition) is 0. The zero-order chi connectivity index (χ0) is 31.5. The van der Waals surface area contributed by atoms with Gasteiger partial charge >= 0.3 is 11.9 Å². The smallest absolute Gasteiger partial charge is 0.341 e. The Bertz CT molecular complexity index is 1440. The second-order valence-electron chi connectivity index (χ2n) is 11.3. The van der Waals surface area contributed by atoms with Gasteiger partial charge in [-0.05, 0) is 78.5 Å². The molecule has 4 rings (SSSR count). The van der Waals surface area contributed by atoms with Gasteiger partial charge in [0, 0.05) is 26.6 Å². The quantitative estimate of drug-likeness (QED) is 0.107. The van der Waals surface area contributed by atoms with Crippen molar-refractivity contribution in [3.8, 4) is 34.0 Å². The van der Waals surface area contributed by atoms with Crippen molar-refractivity contribution in [2.45, 2.75) is 57.8 Å². The van der Waals surface area contributed by atoms with Gasteiger partial charge in [0.25, 0.3) is 0 Å². The van der Waals surface area contributed by atoms with Crippen LogP contribution in [0.15, 0.2) is 79.2 Å². The average molecular weight is 599 g/mol. The number of nitrogens with zero attached hydrogens (tertiary/aromatic N) is 2. The first-order valence-electron chi connectivity index (χ1n) is 15.2. The van der Waals surface area contributed by atoms with Crippen LogP contribution in [-0.4, -0.2) is 49.3 Å². The molecule has 1 aliphatic carbocycles. The SMILES string of the molecule is C=C(COC)C(=O)Oc1ccc(-c2ccc(OC(=O)C(=C)COC)c(-c3ncc(C4CCC(CCCC)CC4)cn3)c2)cc1. The largest absolute Gasteiger partial charge is 0.423 e. The summed E-state index contributed by atoms with van der Waals surface area (Å²) in [4.78, 5) is 34.3. The lowest BCUT2D eigenvalue weighted by molar-refractivity contribution is -0.131. The number of carbonyl (C=O) groups is 2. The summed E-state index contributed by atoms with van der Waals surface area (Å²) in [6.07, 6.45) is 12.5. The van der Waals surface area contributed by atoms with Crippen molar-refractivity contribution >= 4 is 11.9 Å². The summed E-state index contributed by atoms with van der Waals surface area (Å²) in [6, 6.07) is 12.5. The number of unbranched alkanes of at least 4 members (excludes halogenated alkanes) is 1. The Labute approximate surface area is 260 Å². The van der Waals surface area contributed by atoms with E-state index in [1.807, 2.05) is 36.7 Å². The third-order valence-electron chi connectivity index (χ3n) is 7.99. The molecule has 0 bridgehead atoms. The summed E-state index contributed by atoms with van der Waals surface area (Å²) in [5, 5.41) is 0. The van der Waals surface area contributed by atoms with Gasteiger partial charge in [-0.1, -0.05) is 57.5 Å². The van der Waals surface area contributed by atoms with Crippen molar-refractivity contribution in [2.75, 3.05) is 27.4 Å². The van der Waals surface area contributed by atoms with Gasteiger partial charge in [0.05, 0.1) is 29.9 Å². The summed E-state index contributed by atoms with van der Waals surface area (Å²) in [5.41, 5.74) is 3.85. The first kappa shape index (κ1) is 32.8. The van der Waals surface area contributed by atoms with Gasteiger partial charge in [-0.15, -0.1) is 0 Å². The van der Waals surface area contributed by atoms with Crippen LogP contribution >= 0.6 is 0 Å². The predicted molar refractivity (Wildman–Crippen MR) is 170 cm³/mol. The van der Waals surface area contributed by atoms with E-state index in [-0.39, 0.29) is 24.4 Å². The molecule has 1 heterocycles. The van der Waals surface area contributed by atoms with Crippen molar-refractivity contribution in [2.24, 2.45) is 5.92 Å². The molecular weight excluding hydrogens is 556 g/mol. The highest BCUT2D eigenvalue weighted by atomic mass is 16.5. The molecule has 0 saturated heterocycles. The Hall–Kier alpha value is -4.14. The maximum Gasteiger partial charge on any atom is 0.341 e. The number of hydrogen-bond acceptors (Lipinski definition) is 8. The Kier molecular flexibility index (Phi) is 12.0. The molecule has 3 aromatic rings. The maximum atomic E-state index is 12.7. The first-order valence-corrected chi connectivity index (χ1v) is 15.2. The Balaban J connectivity index is 1.57. The molecule has 0 radical (unpaired) electrons. The van der Waals surface area contributed by atoms with Crippen molar-refractivity contribution in [3.05, 3.63) is 84.7 Å². The van der Waals surface area contributed by atoms with Crippen LogP contribution in [0.5, 0.6) is 11.5 Å². The molecule has 0 N–H and O–H groups in total. The molecule has 1 fully saturated rings. The van der Waals surface area contributed by atoms with E-state index in [9.17, 15) is 9.59 Å². The number of aromatic nitrogens is 2. The van der Waals surface area contributed by atoms with Crippen LogP contribution in [0.2, 0.25) is 0 Å². The number of carbonyl (C=O) groups excluding carboxylic acids is 2. The first-order chi connectivity index (χ1) is 21.3. The summed E-state index contributed by atoms with van der Waals surface area (Å²) in [7, 11) is 2.98. The van der Waals surface area contributed by atoms with Crippen LogP contribution in [0.25, 0.3) is 22.5 Å². The molecule has 1 saturated carbocycles. The molecular formula is C36H42N2O6. The minimum atomic E-state index is -0.585. The fourth-order valence-electron chi connectivity index (χ4n) is 5.47.